The van der Waals surface area contributed by atoms with Gasteiger partial charge in [-0.15, -0.1) is 24.0 Å². The maximum atomic E-state index is 12.4. The summed E-state index contributed by atoms with van der Waals surface area (Å²) in [5.74, 6) is 5.69. The average molecular weight is 441 g/mol. The van der Waals surface area contributed by atoms with Gasteiger partial charge in [0.05, 0.1) is 12.2 Å². The molecule has 0 bridgehead atoms. The van der Waals surface area contributed by atoms with Crippen molar-refractivity contribution >= 4 is 29.9 Å². The van der Waals surface area contributed by atoms with Crippen molar-refractivity contribution in [2.45, 2.75) is 19.1 Å². The summed E-state index contributed by atoms with van der Waals surface area (Å²) in [5.41, 5.74) is 5.43. The number of ether oxygens (including phenoxy) is 1. The minimum atomic E-state index is -4.34. The van der Waals surface area contributed by atoms with Crippen LogP contribution in [0.4, 0.5) is 13.2 Å². The minimum absolute atomic E-state index is 0. The van der Waals surface area contributed by atoms with Crippen LogP contribution in [-0.4, -0.2) is 32.3 Å². The number of nitrogens with two attached hydrogens (primary N) is 1. The van der Waals surface area contributed by atoms with Gasteiger partial charge in [0.2, 0.25) is 0 Å². The zero-order valence-electron chi connectivity index (χ0n) is 12.8. The van der Waals surface area contributed by atoms with E-state index in [1.165, 1.54) is 12.1 Å². The van der Waals surface area contributed by atoms with E-state index in [1.807, 2.05) is 6.92 Å². The lowest BCUT2D eigenvalue weighted by molar-refractivity contribution is -0.137. The highest BCUT2D eigenvalue weighted by Crippen LogP contribution is 2.28. The Morgan fingerprint density at radius 2 is 1.96 bits per heavy atom. The van der Waals surface area contributed by atoms with E-state index in [0.29, 0.717) is 12.2 Å². The molecule has 1 aromatic carbocycles. The number of methoxy groups -OCH3 is 1. The number of guanidine groups is 1. The van der Waals surface area contributed by atoms with Gasteiger partial charge in [0, 0.05) is 18.7 Å². The second-order valence-electron chi connectivity index (χ2n) is 4.58. The molecule has 0 radical (unpaired) electrons. The molecular formula is C15H19F3IN3O. The van der Waals surface area contributed by atoms with Crippen molar-refractivity contribution in [2.75, 3.05) is 20.3 Å². The van der Waals surface area contributed by atoms with Gasteiger partial charge in [-0.3, -0.25) is 0 Å². The third-order valence-electron chi connectivity index (χ3n) is 2.58. The molecule has 0 fully saturated rings. The Bertz CT molecular complexity index is 562. The van der Waals surface area contributed by atoms with Gasteiger partial charge in [0.1, 0.15) is 6.54 Å². The zero-order chi connectivity index (χ0) is 16.6. The molecule has 0 saturated carbocycles. The summed E-state index contributed by atoms with van der Waals surface area (Å²) < 4.78 is 42.1. The van der Waals surface area contributed by atoms with Crippen LogP contribution in [0.1, 0.15) is 18.1 Å². The van der Waals surface area contributed by atoms with Crippen LogP contribution in [0.25, 0.3) is 0 Å². The van der Waals surface area contributed by atoms with Crippen molar-refractivity contribution in [1.82, 2.24) is 5.32 Å². The Kier molecular flexibility index (Phi) is 9.67. The summed E-state index contributed by atoms with van der Waals surface area (Å²) in [6.07, 6.45) is -4.34. The highest BCUT2D eigenvalue weighted by molar-refractivity contribution is 14.0. The van der Waals surface area contributed by atoms with Crippen molar-refractivity contribution in [3.8, 4) is 11.8 Å². The predicted octanol–water partition coefficient (Wildman–Crippen LogP) is 2.61. The van der Waals surface area contributed by atoms with E-state index in [2.05, 4.69) is 22.2 Å². The molecule has 1 unspecified atom stereocenters. The molecule has 1 rings (SSSR count). The van der Waals surface area contributed by atoms with Gasteiger partial charge in [-0.2, -0.15) is 13.2 Å². The van der Waals surface area contributed by atoms with Gasteiger partial charge in [-0.25, -0.2) is 4.99 Å². The van der Waals surface area contributed by atoms with E-state index in [-0.39, 0.29) is 42.5 Å². The Labute approximate surface area is 150 Å². The second-order valence-corrected chi connectivity index (χ2v) is 4.58. The van der Waals surface area contributed by atoms with Crippen LogP contribution < -0.4 is 11.1 Å². The number of hydrogen-bond acceptors (Lipinski definition) is 2. The number of nitrogens with zero attached hydrogens (tertiary/aromatic N) is 1. The minimum Gasteiger partial charge on any atom is -0.383 e. The molecule has 23 heavy (non-hydrogen) atoms. The van der Waals surface area contributed by atoms with Gasteiger partial charge in [0.25, 0.3) is 0 Å². The Morgan fingerprint density at radius 1 is 1.35 bits per heavy atom. The van der Waals surface area contributed by atoms with E-state index in [4.69, 9.17) is 10.5 Å². The van der Waals surface area contributed by atoms with E-state index >= 15 is 0 Å². The lowest BCUT2D eigenvalue weighted by atomic mass is 10.1. The molecule has 0 aliphatic heterocycles. The standard InChI is InChI=1S/C15H18F3N3O.HI/c1-11(10-22-2)21-14(19)20-9-3-4-12-5-7-13(8-6-12)15(16,17)18;/h5-8,11H,9-10H2,1-2H3,(H3,19,20,21);1H. The van der Waals surface area contributed by atoms with Crippen molar-refractivity contribution in [3.05, 3.63) is 35.4 Å². The second kappa shape index (κ2) is 10.3. The first-order chi connectivity index (χ1) is 10.3. The summed E-state index contributed by atoms with van der Waals surface area (Å²) >= 11 is 0. The van der Waals surface area contributed by atoms with Gasteiger partial charge in [-0.05, 0) is 31.2 Å². The van der Waals surface area contributed by atoms with Crippen molar-refractivity contribution in [1.29, 1.82) is 0 Å². The first-order valence-electron chi connectivity index (χ1n) is 6.54. The van der Waals surface area contributed by atoms with Crippen molar-refractivity contribution in [3.63, 3.8) is 0 Å². The molecule has 0 amide bonds. The number of alkyl halides is 3. The summed E-state index contributed by atoms with van der Waals surface area (Å²) in [7, 11) is 1.58. The normalized spacial score (nSPS) is 12.7. The molecule has 3 N–H and O–H groups in total. The predicted molar refractivity (Wildman–Crippen MR) is 94.7 cm³/mol. The van der Waals surface area contributed by atoms with E-state index < -0.39 is 11.7 Å². The molecule has 0 spiro atoms. The zero-order valence-corrected chi connectivity index (χ0v) is 15.1. The summed E-state index contributed by atoms with van der Waals surface area (Å²) in [4.78, 5) is 3.99. The topological polar surface area (TPSA) is 59.6 Å². The third kappa shape index (κ3) is 8.66. The lowest BCUT2D eigenvalue weighted by Crippen LogP contribution is -2.40. The smallest absolute Gasteiger partial charge is 0.383 e. The molecule has 1 atom stereocenters. The van der Waals surface area contributed by atoms with Crippen molar-refractivity contribution < 1.29 is 17.9 Å². The first kappa shape index (κ1) is 21.5. The van der Waals surface area contributed by atoms with Gasteiger partial charge >= 0.3 is 6.18 Å². The summed E-state index contributed by atoms with van der Waals surface area (Å²) in [6.45, 7) is 2.53. The Morgan fingerprint density at radius 3 is 2.48 bits per heavy atom. The molecular weight excluding hydrogens is 422 g/mol. The number of halogens is 4. The summed E-state index contributed by atoms with van der Waals surface area (Å²) in [6, 6.07) is 4.66. The number of benzene rings is 1. The fourth-order valence-electron chi connectivity index (χ4n) is 1.60. The molecule has 4 nitrogen and oxygen atoms in total. The molecule has 0 aromatic heterocycles. The van der Waals surface area contributed by atoms with Gasteiger partial charge < -0.3 is 15.8 Å². The van der Waals surface area contributed by atoms with Crippen molar-refractivity contribution in [2.24, 2.45) is 10.7 Å². The van der Waals surface area contributed by atoms with Gasteiger partial charge in [0.15, 0.2) is 5.96 Å². The monoisotopic (exact) mass is 441 g/mol. The number of hydrogen-bond donors (Lipinski definition) is 2. The fourth-order valence-corrected chi connectivity index (χ4v) is 1.60. The number of aliphatic imine (C=N–C) groups is 1. The van der Waals surface area contributed by atoms with E-state index in [9.17, 15) is 13.2 Å². The van der Waals surface area contributed by atoms with Crippen LogP contribution in [0, 0.1) is 11.8 Å². The molecule has 1 aromatic rings. The van der Waals surface area contributed by atoms with Crippen LogP contribution in [-0.2, 0) is 10.9 Å². The van der Waals surface area contributed by atoms with Gasteiger partial charge in [-0.1, -0.05) is 11.8 Å². The molecule has 8 heteroatoms. The van der Waals surface area contributed by atoms with Crippen LogP contribution in [0.3, 0.4) is 0 Å². The molecule has 0 aliphatic carbocycles. The Balaban J connectivity index is 0.00000484. The van der Waals surface area contributed by atoms with Crippen LogP contribution in [0.15, 0.2) is 29.3 Å². The maximum absolute atomic E-state index is 12.4. The third-order valence-corrected chi connectivity index (χ3v) is 2.58. The molecule has 0 aliphatic rings. The summed E-state index contributed by atoms with van der Waals surface area (Å²) in [5, 5.41) is 2.91. The fraction of sp³-hybridized carbons (Fsp3) is 0.400. The number of nitrogens with one attached hydrogen (secondary N) is 1. The van der Waals surface area contributed by atoms with Crippen LogP contribution in [0.2, 0.25) is 0 Å². The molecule has 0 heterocycles. The average Bonchev–Trinajstić information content (AvgIpc) is 2.43. The SMILES string of the molecule is COCC(C)NC(N)=NCC#Cc1ccc(C(F)(F)F)cc1.I. The first-order valence-corrected chi connectivity index (χ1v) is 6.54. The van der Waals surface area contributed by atoms with E-state index in [1.54, 1.807) is 7.11 Å². The highest BCUT2D eigenvalue weighted by atomic mass is 127. The number of rotatable bonds is 4. The lowest BCUT2D eigenvalue weighted by Gasteiger charge is -2.12. The molecule has 0 saturated heterocycles. The van der Waals surface area contributed by atoms with Crippen LogP contribution in [0.5, 0.6) is 0 Å². The highest BCUT2D eigenvalue weighted by Gasteiger charge is 2.29. The quantitative estimate of drug-likeness (QED) is 0.327. The largest absolute Gasteiger partial charge is 0.416 e. The van der Waals surface area contributed by atoms with Crippen LogP contribution >= 0.6 is 24.0 Å². The molecule has 128 valence electrons. The Hall–Kier alpha value is -1.47. The maximum Gasteiger partial charge on any atom is 0.416 e. The van der Waals surface area contributed by atoms with E-state index in [0.717, 1.165) is 12.1 Å².